The molecule has 3 rings (SSSR count). The third-order valence-electron chi connectivity index (χ3n) is 4.26. The van der Waals surface area contributed by atoms with Crippen molar-refractivity contribution in [2.24, 2.45) is 0 Å². The van der Waals surface area contributed by atoms with Crippen molar-refractivity contribution < 1.29 is 13.2 Å². The molecule has 1 fully saturated rings. The molecule has 0 spiro atoms. The number of carbonyl (C=O) groups is 1. The van der Waals surface area contributed by atoms with Crippen LogP contribution in [0.15, 0.2) is 41.3 Å². The Morgan fingerprint density at radius 1 is 1.04 bits per heavy atom. The van der Waals surface area contributed by atoms with Gasteiger partial charge < -0.3 is 4.90 Å². The van der Waals surface area contributed by atoms with Gasteiger partial charge in [-0.25, -0.2) is 8.42 Å². The molecule has 0 saturated carbocycles. The van der Waals surface area contributed by atoms with Crippen LogP contribution in [0.3, 0.4) is 0 Å². The first-order valence-corrected chi connectivity index (χ1v) is 10.4. The smallest absolute Gasteiger partial charge is 0.263 e. The van der Waals surface area contributed by atoms with Gasteiger partial charge in [0.1, 0.15) is 4.90 Å². The van der Waals surface area contributed by atoms with Crippen molar-refractivity contribution in [2.45, 2.75) is 31.1 Å². The second-order valence-corrected chi connectivity index (χ2v) is 8.65. The molecular formula is C18H18Cl2N2O3S. The predicted octanol–water partition coefficient (Wildman–Crippen LogP) is 4.62. The van der Waals surface area contributed by atoms with Crippen LogP contribution in [-0.2, 0) is 14.8 Å². The molecule has 1 aliphatic heterocycles. The van der Waals surface area contributed by atoms with Gasteiger partial charge in [-0.05, 0) is 61.7 Å². The zero-order valence-electron chi connectivity index (χ0n) is 14.1. The molecule has 1 N–H and O–H groups in total. The first-order valence-electron chi connectivity index (χ1n) is 8.17. The molecule has 1 heterocycles. The van der Waals surface area contributed by atoms with Crippen molar-refractivity contribution in [3.63, 3.8) is 0 Å². The van der Waals surface area contributed by atoms with Crippen LogP contribution < -0.4 is 9.62 Å². The van der Waals surface area contributed by atoms with E-state index in [1.165, 1.54) is 12.1 Å². The van der Waals surface area contributed by atoms with Crippen LogP contribution in [-0.4, -0.2) is 20.9 Å². The van der Waals surface area contributed by atoms with Crippen LogP contribution in [0.2, 0.25) is 10.0 Å². The van der Waals surface area contributed by atoms with Crippen molar-refractivity contribution in [1.82, 2.24) is 0 Å². The van der Waals surface area contributed by atoms with Crippen molar-refractivity contribution in [3.8, 4) is 0 Å². The van der Waals surface area contributed by atoms with Crippen molar-refractivity contribution >= 4 is 50.5 Å². The van der Waals surface area contributed by atoms with Crippen LogP contribution in [0, 0.1) is 6.92 Å². The van der Waals surface area contributed by atoms with Gasteiger partial charge in [0.2, 0.25) is 5.91 Å². The highest BCUT2D eigenvalue weighted by atomic mass is 35.5. The molecule has 0 radical (unpaired) electrons. The van der Waals surface area contributed by atoms with Gasteiger partial charge in [-0.1, -0.05) is 23.2 Å². The lowest BCUT2D eigenvalue weighted by Crippen LogP contribution is -2.35. The molecule has 0 aliphatic carbocycles. The number of carbonyl (C=O) groups excluding carboxylic acids is 1. The van der Waals surface area contributed by atoms with E-state index in [9.17, 15) is 13.2 Å². The number of piperidine rings is 1. The van der Waals surface area contributed by atoms with E-state index in [-0.39, 0.29) is 15.8 Å². The molecule has 1 aliphatic rings. The average Bonchev–Trinajstić information content (AvgIpc) is 2.59. The number of hydrogen-bond donors (Lipinski definition) is 1. The highest BCUT2D eigenvalue weighted by molar-refractivity contribution is 7.92. The van der Waals surface area contributed by atoms with Gasteiger partial charge in [0, 0.05) is 29.4 Å². The number of benzene rings is 2. The lowest BCUT2D eigenvalue weighted by molar-refractivity contribution is -0.119. The average molecular weight is 413 g/mol. The maximum Gasteiger partial charge on any atom is 0.263 e. The molecule has 1 saturated heterocycles. The van der Waals surface area contributed by atoms with E-state index in [0.717, 1.165) is 18.5 Å². The van der Waals surface area contributed by atoms with Gasteiger partial charge in [0.25, 0.3) is 10.0 Å². The zero-order chi connectivity index (χ0) is 18.9. The van der Waals surface area contributed by atoms with Gasteiger partial charge in [-0.15, -0.1) is 0 Å². The Labute approximate surface area is 163 Å². The Hall–Kier alpha value is -1.76. The number of nitrogens with one attached hydrogen (secondary N) is 1. The van der Waals surface area contributed by atoms with E-state index >= 15 is 0 Å². The van der Waals surface area contributed by atoms with E-state index in [1.54, 1.807) is 36.1 Å². The maximum absolute atomic E-state index is 12.6. The molecule has 138 valence electrons. The van der Waals surface area contributed by atoms with Crippen LogP contribution in [0.25, 0.3) is 0 Å². The largest absolute Gasteiger partial charge is 0.312 e. The lowest BCUT2D eigenvalue weighted by atomic mass is 10.1. The molecule has 2 aromatic rings. The Morgan fingerprint density at radius 2 is 1.73 bits per heavy atom. The normalized spacial score (nSPS) is 15.2. The van der Waals surface area contributed by atoms with E-state index in [0.29, 0.717) is 29.2 Å². The second kappa shape index (κ2) is 7.47. The molecular weight excluding hydrogens is 395 g/mol. The molecule has 0 aromatic heterocycles. The molecule has 5 nitrogen and oxygen atoms in total. The summed E-state index contributed by atoms with van der Waals surface area (Å²) in [4.78, 5) is 13.7. The lowest BCUT2D eigenvalue weighted by Gasteiger charge is -2.26. The van der Waals surface area contributed by atoms with E-state index in [4.69, 9.17) is 23.2 Å². The Balaban J connectivity index is 1.82. The number of hydrogen-bond acceptors (Lipinski definition) is 3. The summed E-state index contributed by atoms with van der Waals surface area (Å²) >= 11 is 12.0. The van der Waals surface area contributed by atoms with Gasteiger partial charge in [-0.2, -0.15) is 0 Å². The fourth-order valence-electron chi connectivity index (χ4n) is 2.84. The topological polar surface area (TPSA) is 66.5 Å². The van der Waals surface area contributed by atoms with Gasteiger partial charge >= 0.3 is 0 Å². The second-order valence-electron chi connectivity index (χ2n) is 6.19. The van der Waals surface area contributed by atoms with E-state index in [1.807, 2.05) is 0 Å². The minimum atomic E-state index is -3.85. The number of amides is 1. The van der Waals surface area contributed by atoms with Crippen LogP contribution in [0.5, 0.6) is 0 Å². The molecule has 0 unspecified atom stereocenters. The van der Waals surface area contributed by atoms with Crippen LogP contribution >= 0.6 is 23.2 Å². The monoisotopic (exact) mass is 412 g/mol. The summed E-state index contributed by atoms with van der Waals surface area (Å²) in [6, 6.07) is 9.58. The van der Waals surface area contributed by atoms with Crippen molar-refractivity contribution in [1.29, 1.82) is 0 Å². The first kappa shape index (κ1) is 19.0. The summed E-state index contributed by atoms with van der Waals surface area (Å²) in [6.45, 7) is 2.39. The number of nitrogens with zero attached hydrogens (tertiary/aromatic N) is 1. The molecule has 0 atom stereocenters. The van der Waals surface area contributed by atoms with E-state index < -0.39 is 10.0 Å². The van der Waals surface area contributed by atoms with Crippen LogP contribution in [0.1, 0.15) is 24.8 Å². The SMILES string of the molecule is Cc1cc(S(=O)(=O)Nc2ccc(N3CCCCC3=O)cc2)c(Cl)cc1Cl. The minimum absolute atomic E-state index is 0.0312. The summed E-state index contributed by atoms with van der Waals surface area (Å²) in [5.74, 6) is 0.0907. The molecule has 1 amide bonds. The maximum atomic E-state index is 12.6. The zero-order valence-corrected chi connectivity index (χ0v) is 16.5. The van der Waals surface area contributed by atoms with Gasteiger partial charge in [-0.3, -0.25) is 9.52 Å². The quantitative estimate of drug-likeness (QED) is 0.796. The van der Waals surface area contributed by atoms with Crippen molar-refractivity contribution in [3.05, 3.63) is 52.0 Å². The van der Waals surface area contributed by atoms with E-state index in [2.05, 4.69) is 4.72 Å². The summed E-state index contributed by atoms with van der Waals surface area (Å²) in [5.41, 5.74) is 1.77. The number of anilines is 2. The molecule has 8 heteroatoms. The van der Waals surface area contributed by atoms with Crippen molar-refractivity contribution in [2.75, 3.05) is 16.2 Å². The number of rotatable bonds is 4. The summed E-state index contributed by atoms with van der Waals surface area (Å²) < 4.78 is 27.7. The first-order chi connectivity index (χ1) is 12.3. The van der Waals surface area contributed by atoms with Gasteiger partial charge in [0.15, 0.2) is 0 Å². The predicted molar refractivity (Wildman–Crippen MR) is 105 cm³/mol. The van der Waals surface area contributed by atoms with Gasteiger partial charge in [0.05, 0.1) is 5.02 Å². The summed E-state index contributed by atoms with van der Waals surface area (Å²) in [6.07, 6.45) is 2.42. The fraction of sp³-hybridized carbons (Fsp3) is 0.278. The Morgan fingerprint density at radius 3 is 2.38 bits per heavy atom. The number of sulfonamides is 1. The van der Waals surface area contributed by atoms with Crippen LogP contribution in [0.4, 0.5) is 11.4 Å². The highest BCUT2D eigenvalue weighted by Gasteiger charge is 2.21. The summed E-state index contributed by atoms with van der Waals surface area (Å²) in [5, 5.41) is 0.466. The molecule has 2 aromatic carbocycles. The fourth-order valence-corrected chi connectivity index (χ4v) is 4.73. The molecule has 26 heavy (non-hydrogen) atoms. The standard InChI is InChI=1S/C18H18Cl2N2O3S/c1-12-10-17(16(20)11-15(12)19)26(24,25)21-13-5-7-14(8-6-13)22-9-3-2-4-18(22)23/h5-8,10-11,21H,2-4,9H2,1H3. The molecule has 0 bridgehead atoms. The third kappa shape index (κ3) is 3.98. The number of aryl methyl sites for hydroxylation is 1. The number of halogens is 2. The Bertz CT molecular complexity index is 944. The third-order valence-corrected chi connectivity index (χ3v) is 6.51. The summed E-state index contributed by atoms with van der Waals surface area (Å²) in [7, 11) is -3.85. The Kier molecular flexibility index (Phi) is 5.46. The highest BCUT2D eigenvalue weighted by Crippen LogP contribution is 2.30. The minimum Gasteiger partial charge on any atom is -0.312 e.